The van der Waals surface area contributed by atoms with Crippen LogP contribution in [0, 0.1) is 5.92 Å². The van der Waals surface area contributed by atoms with Crippen LogP contribution in [-0.2, 0) is 11.2 Å². The van der Waals surface area contributed by atoms with Crippen LogP contribution in [0.3, 0.4) is 0 Å². The zero-order chi connectivity index (χ0) is 22.2. The molecule has 2 heterocycles. The van der Waals surface area contributed by atoms with Crippen molar-refractivity contribution in [2.24, 2.45) is 5.92 Å². The highest BCUT2D eigenvalue weighted by atomic mass is 16.5. The van der Waals surface area contributed by atoms with Crippen molar-refractivity contribution in [3.63, 3.8) is 0 Å². The Balaban J connectivity index is 1.73. The molecule has 0 radical (unpaired) electrons. The smallest absolute Gasteiger partial charge is 0.184 e. The molecule has 1 fully saturated rings. The Morgan fingerprint density at radius 1 is 1.10 bits per heavy atom. The van der Waals surface area contributed by atoms with Crippen molar-refractivity contribution in [2.75, 3.05) is 47.6 Å². The van der Waals surface area contributed by atoms with Gasteiger partial charge in [0, 0.05) is 24.8 Å². The van der Waals surface area contributed by atoms with Crippen molar-refractivity contribution in [3.05, 3.63) is 53.3 Å². The normalized spacial score (nSPS) is 14.9. The average molecular weight is 427 g/mol. The monoisotopic (exact) mass is 426 g/mol. The maximum absolute atomic E-state index is 13.0. The summed E-state index contributed by atoms with van der Waals surface area (Å²) in [7, 11) is 5.22. The van der Waals surface area contributed by atoms with Crippen LogP contribution in [0.2, 0.25) is 0 Å². The molecule has 1 aliphatic heterocycles. The van der Waals surface area contributed by atoms with Crippen molar-refractivity contribution < 1.29 is 23.8 Å². The van der Waals surface area contributed by atoms with Gasteiger partial charge in [-0.05, 0) is 57.2 Å². The molecule has 1 aliphatic rings. The number of Topliss-reactive ketones (excluding diaryl/α,β-unsaturated/α-hetero) is 2. The van der Waals surface area contributed by atoms with E-state index in [9.17, 15) is 9.59 Å². The number of piperidine rings is 1. The maximum atomic E-state index is 13.0. The number of ether oxygens (including phenoxy) is 3. The second-order valence-electron chi connectivity index (χ2n) is 7.76. The van der Waals surface area contributed by atoms with E-state index in [1.54, 1.807) is 50.6 Å². The average Bonchev–Trinajstić information content (AvgIpc) is 2.79. The molecule has 0 atom stereocenters. The van der Waals surface area contributed by atoms with Crippen LogP contribution in [0.1, 0.15) is 39.4 Å². The summed E-state index contributed by atoms with van der Waals surface area (Å²) in [6.07, 6.45) is 1.77. The van der Waals surface area contributed by atoms with E-state index in [4.69, 9.17) is 14.2 Å². The van der Waals surface area contributed by atoms with Crippen molar-refractivity contribution in [2.45, 2.75) is 19.3 Å². The number of pyridine rings is 1. The molecule has 0 unspecified atom stereocenters. The summed E-state index contributed by atoms with van der Waals surface area (Å²) in [6.45, 7) is 2.56. The molecule has 7 heteroatoms. The highest BCUT2D eigenvalue weighted by Crippen LogP contribution is 2.26. The van der Waals surface area contributed by atoms with Gasteiger partial charge in [-0.1, -0.05) is 6.07 Å². The van der Waals surface area contributed by atoms with Crippen molar-refractivity contribution in [3.8, 4) is 11.5 Å². The molecule has 0 N–H and O–H groups in total. The van der Waals surface area contributed by atoms with E-state index < -0.39 is 0 Å². The zero-order valence-corrected chi connectivity index (χ0v) is 18.4. The van der Waals surface area contributed by atoms with Crippen molar-refractivity contribution >= 4 is 11.6 Å². The Labute approximate surface area is 183 Å². The summed E-state index contributed by atoms with van der Waals surface area (Å²) in [4.78, 5) is 32.6. The fourth-order valence-electron chi connectivity index (χ4n) is 3.67. The van der Waals surface area contributed by atoms with Crippen LogP contribution in [-0.4, -0.2) is 69.0 Å². The molecule has 0 saturated carbocycles. The fraction of sp³-hybridized carbons (Fsp3) is 0.458. The van der Waals surface area contributed by atoms with Crippen LogP contribution in [0.25, 0.3) is 0 Å². The van der Waals surface area contributed by atoms with E-state index in [0.29, 0.717) is 41.7 Å². The summed E-state index contributed by atoms with van der Waals surface area (Å²) in [5, 5.41) is 0. The first-order chi connectivity index (χ1) is 15.0. The number of carbonyl (C=O) groups is 2. The molecule has 2 aromatic rings. The summed E-state index contributed by atoms with van der Waals surface area (Å²) >= 11 is 0. The zero-order valence-electron chi connectivity index (χ0n) is 18.4. The second-order valence-corrected chi connectivity index (χ2v) is 7.76. The quantitative estimate of drug-likeness (QED) is 0.427. The first-order valence-corrected chi connectivity index (χ1v) is 10.5. The second kappa shape index (κ2) is 11.0. The lowest BCUT2D eigenvalue weighted by molar-refractivity contribution is 0.0850. The molecule has 31 heavy (non-hydrogen) atoms. The standard InChI is InChI=1S/C24H30N2O5/c1-26-11-9-17(10-12-26)24(28)21-6-4-5-18(25-21)15-22(27)20-8-7-19(30-3)16-23(20)31-14-13-29-2/h4-8,16-17H,9-15H2,1-3H3. The fourth-order valence-corrected chi connectivity index (χ4v) is 3.67. The lowest BCUT2D eigenvalue weighted by atomic mass is 9.91. The number of hydrogen-bond acceptors (Lipinski definition) is 7. The number of likely N-dealkylation sites (tertiary alicyclic amines) is 1. The third-order valence-electron chi connectivity index (χ3n) is 5.52. The van der Waals surface area contributed by atoms with Gasteiger partial charge in [0.25, 0.3) is 0 Å². The number of hydrogen-bond donors (Lipinski definition) is 0. The minimum Gasteiger partial charge on any atom is -0.497 e. The van der Waals surface area contributed by atoms with E-state index in [0.717, 1.165) is 25.9 Å². The molecule has 1 aromatic carbocycles. The SMILES string of the molecule is COCCOc1cc(OC)ccc1C(=O)Cc1cccc(C(=O)C2CCN(C)CC2)n1. The van der Waals surface area contributed by atoms with Gasteiger partial charge in [0.15, 0.2) is 11.6 Å². The van der Waals surface area contributed by atoms with Crippen molar-refractivity contribution in [1.29, 1.82) is 0 Å². The van der Waals surface area contributed by atoms with E-state index in [-0.39, 0.29) is 23.9 Å². The first kappa shape index (κ1) is 22.9. The molecular weight excluding hydrogens is 396 g/mol. The maximum Gasteiger partial charge on any atom is 0.184 e. The molecule has 3 rings (SSSR count). The Kier molecular flexibility index (Phi) is 8.14. The Morgan fingerprint density at radius 2 is 1.87 bits per heavy atom. The number of nitrogens with zero attached hydrogens (tertiary/aromatic N) is 2. The van der Waals surface area contributed by atoms with Gasteiger partial charge in [-0.2, -0.15) is 0 Å². The van der Waals surface area contributed by atoms with Gasteiger partial charge in [-0.3, -0.25) is 9.59 Å². The number of carbonyl (C=O) groups excluding carboxylic acids is 2. The Morgan fingerprint density at radius 3 is 2.58 bits per heavy atom. The van der Waals surface area contributed by atoms with E-state index >= 15 is 0 Å². The molecular formula is C24H30N2O5. The molecule has 0 amide bonds. The summed E-state index contributed by atoms with van der Waals surface area (Å²) < 4.78 is 16.0. The van der Waals surface area contributed by atoms with Crippen LogP contribution in [0.15, 0.2) is 36.4 Å². The van der Waals surface area contributed by atoms with E-state index in [2.05, 4.69) is 16.9 Å². The minimum atomic E-state index is -0.133. The first-order valence-electron chi connectivity index (χ1n) is 10.5. The third-order valence-corrected chi connectivity index (χ3v) is 5.52. The van der Waals surface area contributed by atoms with Gasteiger partial charge in [-0.25, -0.2) is 4.98 Å². The third kappa shape index (κ3) is 6.12. The van der Waals surface area contributed by atoms with Crippen LogP contribution < -0.4 is 9.47 Å². The molecule has 1 aromatic heterocycles. The molecule has 166 valence electrons. The predicted molar refractivity (Wildman–Crippen MR) is 117 cm³/mol. The number of methoxy groups -OCH3 is 2. The highest BCUT2D eigenvalue weighted by Gasteiger charge is 2.25. The lowest BCUT2D eigenvalue weighted by Gasteiger charge is -2.27. The summed E-state index contributed by atoms with van der Waals surface area (Å²) in [5.74, 6) is 0.978. The van der Waals surface area contributed by atoms with Crippen LogP contribution in [0.4, 0.5) is 0 Å². The highest BCUT2D eigenvalue weighted by molar-refractivity contribution is 6.00. The number of ketones is 2. The Hall–Kier alpha value is -2.77. The van der Waals surface area contributed by atoms with E-state index in [1.807, 2.05) is 0 Å². The van der Waals surface area contributed by atoms with Crippen molar-refractivity contribution in [1.82, 2.24) is 9.88 Å². The molecule has 0 spiro atoms. The minimum absolute atomic E-state index is 0.00275. The van der Waals surface area contributed by atoms with Crippen LogP contribution in [0.5, 0.6) is 11.5 Å². The lowest BCUT2D eigenvalue weighted by Crippen LogP contribution is -2.33. The van der Waals surface area contributed by atoms with Gasteiger partial charge in [0.1, 0.15) is 23.8 Å². The van der Waals surface area contributed by atoms with Gasteiger partial charge in [-0.15, -0.1) is 0 Å². The van der Waals surface area contributed by atoms with Gasteiger partial charge < -0.3 is 19.1 Å². The largest absolute Gasteiger partial charge is 0.497 e. The number of aromatic nitrogens is 1. The summed E-state index contributed by atoms with van der Waals surface area (Å²) in [6, 6.07) is 10.4. The topological polar surface area (TPSA) is 78.0 Å². The van der Waals surface area contributed by atoms with E-state index in [1.165, 1.54) is 0 Å². The van der Waals surface area contributed by atoms with Gasteiger partial charge in [0.2, 0.25) is 0 Å². The molecule has 0 aliphatic carbocycles. The van der Waals surface area contributed by atoms with Gasteiger partial charge in [0.05, 0.1) is 25.7 Å². The predicted octanol–water partition coefficient (Wildman–Crippen LogP) is 3.07. The number of benzene rings is 1. The summed E-state index contributed by atoms with van der Waals surface area (Å²) in [5.41, 5.74) is 1.46. The Bertz CT molecular complexity index is 907. The molecule has 7 nitrogen and oxygen atoms in total. The molecule has 0 bridgehead atoms. The number of rotatable bonds is 10. The van der Waals surface area contributed by atoms with Crippen LogP contribution >= 0.6 is 0 Å². The van der Waals surface area contributed by atoms with Gasteiger partial charge >= 0.3 is 0 Å². The molecule has 1 saturated heterocycles.